The van der Waals surface area contributed by atoms with Gasteiger partial charge in [-0.2, -0.15) is 0 Å². The summed E-state index contributed by atoms with van der Waals surface area (Å²) in [6.07, 6.45) is 4.34. The Morgan fingerprint density at radius 1 is 1.33 bits per heavy atom. The van der Waals surface area contributed by atoms with Gasteiger partial charge in [-0.15, -0.1) is 4.91 Å². The van der Waals surface area contributed by atoms with Crippen molar-refractivity contribution >= 4 is 27.9 Å². The molecule has 27 heavy (non-hydrogen) atoms. The smallest absolute Gasteiger partial charge is 0.166 e. The van der Waals surface area contributed by atoms with Crippen LogP contribution in [0.25, 0.3) is 16.5 Å². The van der Waals surface area contributed by atoms with Gasteiger partial charge in [-0.05, 0) is 77.4 Å². The van der Waals surface area contributed by atoms with Gasteiger partial charge in [0.05, 0.1) is 17.1 Å². The van der Waals surface area contributed by atoms with Crippen LogP contribution >= 0.6 is 0 Å². The van der Waals surface area contributed by atoms with Crippen LogP contribution in [0.15, 0.2) is 46.7 Å². The first kappa shape index (κ1) is 17.7. The van der Waals surface area contributed by atoms with Crippen LogP contribution in [0.5, 0.6) is 0 Å². The van der Waals surface area contributed by atoms with E-state index in [1.807, 2.05) is 13.0 Å². The third kappa shape index (κ3) is 2.92. The average Bonchev–Trinajstić information content (AvgIpc) is 3.04. The molecular formula is C22H22N2O3. The summed E-state index contributed by atoms with van der Waals surface area (Å²) < 4.78 is 0. The molecule has 0 saturated carbocycles. The van der Waals surface area contributed by atoms with E-state index in [9.17, 15) is 14.8 Å². The molecule has 0 bridgehead atoms. The Labute approximate surface area is 157 Å². The van der Waals surface area contributed by atoms with Crippen molar-refractivity contribution < 1.29 is 9.90 Å². The lowest BCUT2D eigenvalue weighted by Crippen LogP contribution is -2.21. The fraction of sp³-hybridized carbons (Fsp3) is 0.364. The number of fused-ring (bicyclic) bond motifs is 4. The Morgan fingerprint density at radius 2 is 2.15 bits per heavy atom. The predicted octanol–water partition coefficient (Wildman–Crippen LogP) is 4.50. The maximum absolute atomic E-state index is 13.0. The van der Waals surface area contributed by atoms with Crippen molar-refractivity contribution in [3.05, 3.63) is 57.7 Å². The van der Waals surface area contributed by atoms with E-state index in [1.165, 1.54) is 0 Å². The van der Waals surface area contributed by atoms with Crippen molar-refractivity contribution in [1.29, 1.82) is 0 Å². The number of Topliss-reactive ketones (excluding diaryl/α,β-unsaturated/α-hetero) is 1. The molecule has 1 aromatic heterocycles. The van der Waals surface area contributed by atoms with Crippen molar-refractivity contribution in [2.45, 2.75) is 33.1 Å². The number of hydrogen-bond donors (Lipinski definition) is 1. The predicted molar refractivity (Wildman–Crippen MR) is 106 cm³/mol. The molecule has 2 aliphatic rings. The molecule has 2 unspecified atom stereocenters. The summed E-state index contributed by atoms with van der Waals surface area (Å²) in [5, 5.41) is 13.4. The average molecular weight is 362 g/mol. The molecule has 0 aliphatic heterocycles. The first-order valence-corrected chi connectivity index (χ1v) is 9.39. The Kier molecular flexibility index (Phi) is 4.48. The van der Waals surface area contributed by atoms with Gasteiger partial charge in [0, 0.05) is 12.0 Å². The molecule has 0 fully saturated rings. The standard InChI is InChI=1S/C22H22N2O3/c1-3-13(11-25)6-14-9-18-19(22(26)12(14)2)10-16-7-15-8-17(24-27)4-5-20(15)23-21(16)18/h4-5,7-9,13,19,25H,3,6,10-11H2,1-2H3. The lowest BCUT2D eigenvalue weighted by molar-refractivity contribution is -0.117. The first-order valence-electron chi connectivity index (χ1n) is 9.39. The Bertz CT molecular complexity index is 1020. The third-order valence-electron chi connectivity index (χ3n) is 5.90. The van der Waals surface area contributed by atoms with Crippen molar-refractivity contribution in [1.82, 2.24) is 4.98 Å². The second-order valence-electron chi connectivity index (χ2n) is 7.50. The van der Waals surface area contributed by atoms with E-state index in [4.69, 9.17) is 4.98 Å². The van der Waals surface area contributed by atoms with Crippen molar-refractivity contribution in [2.24, 2.45) is 17.0 Å². The van der Waals surface area contributed by atoms with Crippen molar-refractivity contribution in [3.8, 4) is 0 Å². The largest absolute Gasteiger partial charge is 0.396 e. The number of aromatic nitrogens is 1. The lowest BCUT2D eigenvalue weighted by atomic mass is 9.81. The maximum atomic E-state index is 13.0. The zero-order chi connectivity index (χ0) is 19.1. The van der Waals surface area contributed by atoms with E-state index < -0.39 is 0 Å². The number of benzene rings is 1. The van der Waals surface area contributed by atoms with E-state index in [1.54, 1.807) is 18.2 Å². The molecule has 0 radical (unpaired) electrons. The highest BCUT2D eigenvalue weighted by Crippen LogP contribution is 2.44. The van der Waals surface area contributed by atoms with E-state index in [2.05, 4.69) is 18.2 Å². The second-order valence-corrected chi connectivity index (χ2v) is 7.50. The van der Waals surface area contributed by atoms with E-state index in [0.29, 0.717) is 18.5 Å². The Balaban J connectivity index is 1.79. The fourth-order valence-corrected chi connectivity index (χ4v) is 4.14. The molecule has 5 heteroatoms. The Morgan fingerprint density at radius 3 is 2.85 bits per heavy atom. The molecule has 5 nitrogen and oxygen atoms in total. The van der Waals surface area contributed by atoms with Gasteiger partial charge in [0.15, 0.2) is 5.78 Å². The number of carbonyl (C=O) groups is 1. The van der Waals surface area contributed by atoms with Crippen LogP contribution in [0.2, 0.25) is 0 Å². The molecule has 2 atom stereocenters. The second kappa shape index (κ2) is 6.82. The van der Waals surface area contributed by atoms with E-state index >= 15 is 0 Å². The first-order chi connectivity index (χ1) is 13.0. The van der Waals surface area contributed by atoms with Gasteiger partial charge < -0.3 is 5.11 Å². The third-order valence-corrected chi connectivity index (χ3v) is 5.90. The number of aliphatic hydroxyl groups is 1. The Hall–Kier alpha value is -2.66. The molecule has 2 aromatic rings. The van der Waals surface area contributed by atoms with Crippen LogP contribution in [0, 0.1) is 16.7 Å². The normalized spacial score (nSPS) is 19.7. The zero-order valence-electron chi connectivity index (χ0n) is 15.5. The number of nitrogens with zero attached hydrogens (tertiary/aromatic N) is 2. The van der Waals surface area contributed by atoms with E-state index in [-0.39, 0.29) is 24.2 Å². The SMILES string of the molecule is CCC(CO)CC1=C(C)C(=O)C2Cc3cc4cc(N=O)ccc4nc3C2=C1. The van der Waals surface area contributed by atoms with Crippen LogP contribution in [0.4, 0.5) is 5.69 Å². The van der Waals surface area contributed by atoms with Gasteiger partial charge in [0.2, 0.25) is 0 Å². The molecule has 0 spiro atoms. The number of allylic oxidation sites excluding steroid dienone is 4. The van der Waals surface area contributed by atoms with Gasteiger partial charge >= 0.3 is 0 Å². The van der Waals surface area contributed by atoms with Gasteiger partial charge in [-0.1, -0.05) is 19.4 Å². The highest BCUT2D eigenvalue weighted by Gasteiger charge is 2.37. The highest BCUT2D eigenvalue weighted by molar-refractivity contribution is 6.09. The summed E-state index contributed by atoms with van der Waals surface area (Å²) in [5.41, 5.74) is 5.91. The summed E-state index contributed by atoms with van der Waals surface area (Å²) in [5.74, 6) is 0.148. The minimum absolute atomic E-state index is 0.126. The summed E-state index contributed by atoms with van der Waals surface area (Å²) >= 11 is 0. The van der Waals surface area contributed by atoms with Gasteiger partial charge in [0.25, 0.3) is 0 Å². The monoisotopic (exact) mass is 362 g/mol. The number of aliphatic hydroxyl groups excluding tert-OH is 1. The number of hydrogen-bond acceptors (Lipinski definition) is 5. The zero-order valence-corrected chi connectivity index (χ0v) is 15.5. The number of carbonyl (C=O) groups excluding carboxylic acids is 1. The summed E-state index contributed by atoms with van der Waals surface area (Å²) in [6, 6.07) is 7.21. The van der Waals surface area contributed by atoms with Crippen LogP contribution in [-0.2, 0) is 11.2 Å². The lowest BCUT2D eigenvalue weighted by Gasteiger charge is -2.22. The van der Waals surface area contributed by atoms with Gasteiger partial charge in [-0.25, -0.2) is 4.98 Å². The molecule has 1 N–H and O–H groups in total. The van der Waals surface area contributed by atoms with Crippen molar-refractivity contribution in [2.75, 3.05) is 6.61 Å². The quantitative estimate of drug-likeness (QED) is 0.795. The number of rotatable bonds is 5. The minimum atomic E-state index is -0.175. The van der Waals surface area contributed by atoms with Gasteiger partial charge in [-0.3, -0.25) is 4.79 Å². The molecule has 0 amide bonds. The molecular weight excluding hydrogens is 340 g/mol. The maximum Gasteiger partial charge on any atom is 0.166 e. The summed E-state index contributed by atoms with van der Waals surface area (Å²) in [4.78, 5) is 28.6. The van der Waals surface area contributed by atoms with Gasteiger partial charge in [0.1, 0.15) is 5.69 Å². The van der Waals surface area contributed by atoms with Crippen LogP contribution in [-0.4, -0.2) is 22.5 Å². The molecule has 0 saturated heterocycles. The van der Waals surface area contributed by atoms with E-state index in [0.717, 1.165) is 45.3 Å². The molecule has 1 heterocycles. The molecule has 2 aliphatic carbocycles. The summed E-state index contributed by atoms with van der Waals surface area (Å²) in [7, 11) is 0. The number of ketones is 1. The van der Waals surface area contributed by atoms with Crippen molar-refractivity contribution in [3.63, 3.8) is 0 Å². The topological polar surface area (TPSA) is 79.6 Å². The van der Waals surface area contributed by atoms with Crippen LogP contribution in [0.3, 0.4) is 0 Å². The van der Waals surface area contributed by atoms with Crippen LogP contribution in [0.1, 0.15) is 37.9 Å². The number of nitroso groups, excluding NO2 is 1. The molecule has 1 aromatic carbocycles. The number of pyridine rings is 1. The highest BCUT2D eigenvalue weighted by atomic mass is 16.3. The molecule has 4 rings (SSSR count). The fourth-order valence-electron chi connectivity index (χ4n) is 4.14. The molecule has 138 valence electrons. The minimum Gasteiger partial charge on any atom is -0.396 e. The van der Waals surface area contributed by atoms with Crippen LogP contribution < -0.4 is 0 Å². The summed E-state index contributed by atoms with van der Waals surface area (Å²) in [6.45, 7) is 4.07.